The van der Waals surface area contributed by atoms with E-state index in [1.165, 1.54) is 0 Å². The summed E-state index contributed by atoms with van der Waals surface area (Å²) in [5.41, 5.74) is 0. The average molecular weight is 404 g/mol. The summed E-state index contributed by atoms with van der Waals surface area (Å²) in [6.07, 6.45) is 0. The van der Waals surface area contributed by atoms with Gasteiger partial charge in [-0.1, -0.05) is 0 Å². The largest absolute Gasteiger partial charge is 0.412 e. The summed E-state index contributed by atoms with van der Waals surface area (Å²) in [6.45, 7) is 0. The molecule has 0 aromatic heterocycles. The van der Waals surface area contributed by atoms with Crippen LogP contribution in [0.5, 0.6) is 0 Å². The predicted octanol–water partition coefficient (Wildman–Crippen LogP) is -1.65. The van der Waals surface area contributed by atoms with Gasteiger partial charge in [0.05, 0.1) is 0 Å². The standard InChI is InChI=1S/2H2O.2W/h2*1H2;;. The second kappa shape index (κ2) is 27.8. The second-order valence-corrected chi connectivity index (χ2v) is 0. The molecule has 0 aliphatic rings. The van der Waals surface area contributed by atoms with E-state index in [1.54, 1.807) is 0 Å². The molecule has 28 valence electrons. The van der Waals surface area contributed by atoms with E-state index in [9.17, 15) is 0 Å². The molecule has 0 aliphatic carbocycles. The van der Waals surface area contributed by atoms with Gasteiger partial charge in [-0.15, -0.1) is 0 Å². The first-order valence-electron chi connectivity index (χ1n) is 0. The Kier molecular flexibility index (Phi) is 404. The summed E-state index contributed by atoms with van der Waals surface area (Å²) in [5, 5.41) is 0. The van der Waals surface area contributed by atoms with E-state index in [2.05, 4.69) is 0 Å². The predicted molar refractivity (Wildman–Crippen MR) is 7.23 cm³/mol. The molecule has 0 fully saturated rings. The smallest absolute Gasteiger partial charge is 0 e. The van der Waals surface area contributed by atoms with Crippen LogP contribution in [0.2, 0.25) is 0 Å². The van der Waals surface area contributed by atoms with Crippen LogP contribution in [0.15, 0.2) is 0 Å². The normalized spacial score (nSPS) is 0. The summed E-state index contributed by atoms with van der Waals surface area (Å²) in [6, 6.07) is 0. The third-order valence-corrected chi connectivity index (χ3v) is 0. The SMILES string of the molecule is O.O.[W].[W]. The van der Waals surface area contributed by atoms with Crippen molar-refractivity contribution in [2.24, 2.45) is 0 Å². The molecule has 0 saturated carbocycles. The van der Waals surface area contributed by atoms with Crippen molar-refractivity contribution >= 4 is 0 Å². The van der Waals surface area contributed by atoms with Crippen LogP contribution >= 0.6 is 0 Å². The van der Waals surface area contributed by atoms with Crippen LogP contribution in [0.3, 0.4) is 0 Å². The molecule has 2 nitrogen and oxygen atoms in total. The van der Waals surface area contributed by atoms with Gasteiger partial charge in [0.15, 0.2) is 0 Å². The monoisotopic (exact) mass is 404 g/mol. The first kappa shape index (κ1) is 58.2. The van der Waals surface area contributed by atoms with Crippen molar-refractivity contribution in [2.45, 2.75) is 0 Å². The van der Waals surface area contributed by atoms with E-state index in [4.69, 9.17) is 0 Å². The molecule has 0 amide bonds. The van der Waals surface area contributed by atoms with Crippen molar-refractivity contribution in [2.75, 3.05) is 0 Å². The fraction of sp³-hybridized carbons (Fsp3) is 0. The van der Waals surface area contributed by atoms with Gasteiger partial charge in [-0.25, -0.2) is 0 Å². The molecule has 4 heavy (non-hydrogen) atoms. The van der Waals surface area contributed by atoms with Gasteiger partial charge >= 0.3 is 0 Å². The van der Waals surface area contributed by atoms with E-state index in [0.717, 1.165) is 0 Å². The van der Waals surface area contributed by atoms with Crippen molar-refractivity contribution in [3.63, 3.8) is 0 Å². The van der Waals surface area contributed by atoms with Crippen LogP contribution in [0.25, 0.3) is 0 Å². The summed E-state index contributed by atoms with van der Waals surface area (Å²) < 4.78 is 0. The van der Waals surface area contributed by atoms with Gasteiger partial charge in [-0.05, 0) is 0 Å². The Balaban J connectivity index is 0. The summed E-state index contributed by atoms with van der Waals surface area (Å²) in [7, 11) is 0. The minimum absolute atomic E-state index is 0. The van der Waals surface area contributed by atoms with Gasteiger partial charge in [0.1, 0.15) is 0 Å². The van der Waals surface area contributed by atoms with Crippen molar-refractivity contribution in [3.05, 3.63) is 0 Å². The van der Waals surface area contributed by atoms with Gasteiger partial charge in [0, 0.05) is 42.1 Å². The molecule has 4 N–H and O–H groups in total. The van der Waals surface area contributed by atoms with Crippen molar-refractivity contribution in [3.8, 4) is 0 Å². The molecular formula is H4O2W2. The first-order chi connectivity index (χ1) is 0. The Morgan fingerprint density at radius 2 is 0.500 bits per heavy atom. The van der Waals surface area contributed by atoms with E-state index in [0.29, 0.717) is 0 Å². The zero-order chi connectivity index (χ0) is 0. The maximum absolute atomic E-state index is 0. The van der Waals surface area contributed by atoms with E-state index < -0.39 is 0 Å². The van der Waals surface area contributed by atoms with E-state index in [1.807, 2.05) is 0 Å². The molecule has 0 aromatic rings. The third-order valence-electron chi connectivity index (χ3n) is 0. The fourth-order valence-electron chi connectivity index (χ4n) is 0. The van der Waals surface area contributed by atoms with Gasteiger partial charge in [0.25, 0.3) is 0 Å². The second-order valence-electron chi connectivity index (χ2n) is 0. The van der Waals surface area contributed by atoms with Gasteiger partial charge in [-0.2, -0.15) is 0 Å². The van der Waals surface area contributed by atoms with Crippen LogP contribution in [0.4, 0.5) is 0 Å². The zero-order valence-electron chi connectivity index (χ0n) is 1.82. The topological polar surface area (TPSA) is 63.0 Å². The molecule has 0 heterocycles. The van der Waals surface area contributed by atoms with Crippen molar-refractivity contribution < 1.29 is 53.1 Å². The van der Waals surface area contributed by atoms with Crippen LogP contribution < -0.4 is 0 Å². The summed E-state index contributed by atoms with van der Waals surface area (Å²) >= 11 is 0. The average Bonchev–Trinajstić information content (AvgIpc) is 0. The molecule has 0 unspecified atom stereocenters. The van der Waals surface area contributed by atoms with E-state index >= 15 is 0 Å². The molecule has 0 aromatic carbocycles. The maximum Gasteiger partial charge on any atom is 0 e. The third kappa shape index (κ3) is 10.3. The van der Waals surface area contributed by atoms with Gasteiger partial charge in [0.2, 0.25) is 0 Å². The van der Waals surface area contributed by atoms with E-state index in [-0.39, 0.29) is 53.1 Å². The molecule has 4 heteroatoms. The molecule has 0 bridgehead atoms. The van der Waals surface area contributed by atoms with Crippen LogP contribution in [-0.4, -0.2) is 11.0 Å². The van der Waals surface area contributed by atoms with Crippen LogP contribution in [-0.2, 0) is 42.1 Å². The fourth-order valence-corrected chi connectivity index (χ4v) is 0. The maximum atomic E-state index is 0. The summed E-state index contributed by atoms with van der Waals surface area (Å²) in [5.74, 6) is 0. The van der Waals surface area contributed by atoms with Crippen molar-refractivity contribution in [1.29, 1.82) is 0 Å². The molecular weight excluding hydrogens is 400 g/mol. The Morgan fingerprint density at radius 3 is 0.500 bits per heavy atom. The number of hydrogen-bond donors (Lipinski definition) is 0. The number of rotatable bonds is 0. The molecule has 0 aliphatic heterocycles. The van der Waals surface area contributed by atoms with Crippen LogP contribution in [0, 0.1) is 0 Å². The van der Waals surface area contributed by atoms with Crippen molar-refractivity contribution in [1.82, 2.24) is 0 Å². The van der Waals surface area contributed by atoms with Gasteiger partial charge < -0.3 is 11.0 Å². The molecule has 0 radical (unpaired) electrons. The Bertz CT molecular complexity index is 4.00. The van der Waals surface area contributed by atoms with Gasteiger partial charge in [-0.3, -0.25) is 0 Å². The van der Waals surface area contributed by atoms with Crippen LogP contribution in [0.1, 0.15) is 0 Å². The molecule has 0 saturated heterocycles. The zero-order valence-corrected chi connectivity index (χ0v) is 7.68. The molecule has 0 rings (SSSR count). The number of hydrogen-bond acceptors (Lipinski definition) is 0. The summed E-state index contributed by atoms with van der Waals surface area (Å²) in [4.78, 5) is 0. The minimum atomic E-state index is 0. The first-order valence-corrected chi connectivity index (χ1v) is 0. The minimum Gasteiger partial charge on any atom is -0.412 e. The molecule has 0 atom stereocenters. The Hall–Kier alpha value is 1.30. The molecule has 0 spiro atoms. The Labute approximate surface area is 53.1 Å². The Morgan fingerprint density at radius 1 is 0.500 bits per heavy atom. The quantitative estimate of drug-likeness (QED) is 0.465.